The number of nitro groups is 1. The van der Waals surface area contributed by atoms with Crippen LogP contribution in [-0.4, -0.2) is 29.9 Å². The van der Waals surface area contributed by atoms with Gasteiger partial charge in [-0.2, -0.15) is 0 Å². The van der Waals surface area contributed by atoms with Crippen molar-refractivity contribution in [2.45, 2.75) is 17.5 Å². The largest absolute Gasteiger partial charge is 0.420 e. The summed E-state index contributed by atoms with van der Waals surface area (Å²) in [6.45, 7) is 0.456. The van der Waals surface area contributed by atoms with E-state index in [1.54, 1.807) is 30.3 Å². The van der Waals surface area contributed by atoms with Gasteiger partial charge in [-0.1, -0.05) is 54.2 Å². The highest BCUT2D eigenvalue weighted by Crippen LogP contribution is 2.29. The minimum Gasteiger partial charge on any atom is -0.420 e. The van der Waals surface area contributed by atoms with Gasteiger partial charge in [-0.05, 0) is 29.8 Å². The van der Waals surface area contributed by atoms with Crippen LogP contribution in [0.4, 0.5) is 10.1 Å². The van der Waals surface area contributed by atoms with Crippen molar-refractivity contribution in [1.29, 1.82) is 0 Å². The van der Waals surface area contributed by atoms with E-state index in [4.69, 9.17) is 4.42 Å². The first-order chi connectivity index (χ1) is 17.1. The zero-order valence-corrected chi connectivity index (χ0v) is 18.9. The highest BCUT2D eigenvalue weighted by Gasteiger charge is 2.19. The Hall–Kier alpha value is -4.38. The molecule has 3 aromatic carbocycles. The van der Waals surface area contributed by atoms with Gasteiger partial charge in [0.1, 0.15) is 5.82 Å². The fraction of sp³-hybridized carbons (Fsp3) is 0.0833. The second-order valence-electron chi connectivity index (χ2n) is 7.45. The Morgan fingerprint density at radius 1 is 0.914 bits per heavy atom. The molecule has 0 spiro atoms. The topological polar surface area (TPSA) is 113 Å². The average molecular weight is 489 g/mol. The van der Waals surface area contributed by atoms with E-state index in [0.717, 1.165) is 5.56 Å². The third kappa shape index (κ3) is 4.94. The van der Waals surface area contributed by atoms with Gasteiger partial charge in [0.15, 0.2) is 11.0 Å². The predicted molar refractivity (Wildman–Crippen MR) is 127 cm³/mol. The quantitative estimate of drug-likeness (QED) is 0.162. The average Bonchev–Trinajstić information content (AvgIpc) is 3.51. The van der Waals surface area contributed by atoms with Gasteiger partial charge in [-0.3, -0.25) is 14.7 Å². The second kappa shape index (κ2) is 9.85. The first kappa shape index (κ1) is 22.4. The van der Waals surface area contributed by atoms with Crippen LogP contribution in [0.3, 0.4) is 0 Å². The zero-order chi connectivity index (χ0) is 24.2. The molecule has 0 aliphatic carbocycles. The molecule has 0 fully saturated rings. The Balaban J connectivity index is 1.39. The normalized spacial score (nSPS) is 11.0. The number of aromatic nitrogens is 5. The van der Waals surface area contributed by atoms with E-state index in [9.17, 15) is 14.5 Å². The molecule has 0 aliphatic heterocycles. The van der Waals surface area contributed by atoms with Crippen molar-refractivity contribution in [1.82, 2.24) is 25.0 Å². The molecule has 35 heavy (non-hydrogen) atoms. The Morgan fingerprint density at radius 2 is 1.66 bits per heavy atom. The molecule has 0 radical (unpaired) electrons. The minimum atomic E-state index is -0.471. The van der Waals surface area contributed by atoms with Gasteiger partial charge in [-0.15, -0.1) is 20.4 Å². The molecule has 0 unspecified atom stereocenters. The van der Waals surface area contributed by atoms with Crippen LogP contribution in [0.1, 0.15) is 11.5 Å². The van der Waals surface area contributed by atoms with Crippen LogP contribution < -0.4 is 0 Å². The predicted octanol–water partition coefficient (Wildman–Crippen LogP) is 5.38. The van der Waals surface area contributed by atoms with Crippen molar-refractivity contribution in [3.05, 3.63) is 106 Å². The lowest BCUT2D eigenvalue weighted by molar-refractivity contribution is -0.384. The molecule has 2 aromatic heterocycles. The SMILES string of the molecule is O=[N+]([O-])c1ccc(-c2nnc(CSc3nnc(-c4ccccc4F)n3Cc3ccccc3)o2)cc1. The standard InChI is InChI=1S/C24H17FN6O3S/c25-20-9-5-4-8-19(20)22-27-29-24(30(22)14-16-6-2-1-3-7-16)35-15-21-26-28-23(34-21)17-10-12-18(13-11-17)31(32)33/h1-13H,14-15H2. The molecule has 0 N–H and O–H groups in total. The van der Waals surface area contributed by atoms with E-state index in [2.05, 4.69) is 20.4 Å². The van der Waals surface area contributed by atoms with Gasteiger partial charge in [0.2, 0.25) is 11.8 Å². The molecule has 0 atom stereocenters. The molecule has 11 heteroatoms. The van der Waals surface area contributed by atoms with E-state index in [-0.39, 0.29) is 17.4 Å². The lowest BCUT2D eigenvalue weighted by Gasteiger charge is -2.10. The van der Waals surface area contributed by atoms with Crippen LogP contribution in [0.2, 0.25) is 0 Å². The summed E-state index contributed by atoms with van der Waals surface area (Å²) < 4.78 is 22.1. The van der Waals surface area contributed by atoms with E-state index in [1.807, 2.05) is 34.9 Å². The lowest BCUT2D eigenvalue weighted by Crippen LogP contribution is -2.05. The summed E-state index contributed by atoms with van der Waals surface area (Å²) in [5.74, 6) is 0.963. The lowest BCUT2D eigenvalue weighted by atomic mass is 10.2. The van der Waals surface area contributed by atoms with Crippen LogP contribution in [0, 0.1) is 15.9 Å². The highest BCUT2D eigenvalue weighted by molar-refractivity contribution is 7.98. The van der Waals surface area contributed by atoms with Crippen LogP contribution in [0.15, 0.2) is 88.4 Å². The van der Waals surface area contributed by atoms with Crippen molar-refractivity contribution in [3.8, 4) is 22.8 Å². The maximum absolute atomic E-state index is 14.5. The van der Waals surface area contributed by atoms with Crippen LogP contribution in [-0.2, 0) is 12.3 Å². The number of hydrogen-bond donors (Lipinski definition) is 0. The van der Waals surface area contributed by atoms with Crippen LogP contribution in [0.25, 0.3) is 22.8 Å². The zero-order valence-electron chi connectivity index (χ0n) is 18.1. The summed E-state index contributed by atoms with van der Waals surface area (Å²) in [4.78, 5) is 10.4. The van der Waals surface area contributed by atoms with Gasteiger partial charge in [-0.25, -0.2) is 4.39 Å². The van der Waals surface area contributed by atoms with E-state index < -0.39 is 4.92 Å². The maximum Gasteiger partial charge on any atom is 0.269 e. The Bertz CT molecular complexity index is 1470. The highest BCUT2D eigenvalue weighted by atomic mass is 32.2. The van der Waals surface area contributed by atoms with Crippen molar-refractivity contribution in [2.75, 3.05) is 0 Å². The molecule has 0 aliphatic rings. The van der Waals surface area contributed by atoms with Crippen molar-refractivity contribution in [3.63, 3.8) is 0 Å². The van der Waals surface area contributed by atoms with Crippen molar-refractivity contribution < 1.29 is 13.7 Å². The third-order valence-electron chi connectivity index (χ3n) is 5.13. The summed E-state index contributed by atoms with van der Waals surface area (Å²) in [5.41, 5.74) is 1.94. The fourth-order valence-corrected chi connectivity index (χ4v) is 4.20. The Kier molecular flexibility index (Phi) is 6.31. The van der Waals surface area contributed by atoms with Crippen LogP contribution >= 0.6 is 11.8 Å². The summed E-state index contributed by atoms with van der Waals surface area (Å²) in [6.07, 6.45) is 0. The molecular formula is C24H17FN6O3S. The van der Waals surface area contributed by atoms with Gasteiger partial charge in [0.05, 0.1) is 22.8 Å². The van der Waals surface area contributed by atoms with Crippen LogP contribution in [0.5, 0.6) is 0 Å². The summed E-state index contributed by atoms with van der Waals surface area (Å²) in [6, 6.07) is 22.1. The van der Waals surface area contributed by atoms with Crippen molar-refractivity contribution >= 4 is 17.4 Å². The van der Waals surface area contributed by atoms with Gasteiger partial charge >= 0.3 is 0 Å². The first-order valence-electron chi connectivity index (χ1n) is 10.5. The van der Waals surface area contributed by atoms with E-state index in [0.29, 0.717) is 40.3 Å². The minimum absolute atomic E-state index is 0.0209. The monoisotopic (exact) mass is 488 g/mol. The summed E-state index contributed by atoms with van der Waals surface area (Å²) in [7, 11) is 0. The second-order valence-corrected chi connectivity index (χ2v) is 8.39. The summed E-state index contributed by atoms with van der Waals surface area (Å²) in [5, 5.41) is 28.1. The molecule has 174 valence electrons. The number of halogens is 1. The maximum atomic E-state index is 14.5. The molecule has 0 saturated carbocycles. The third-order valence-corrected chi connectivity index (χ3v) is 6.08. The molecular weight excluding hydrogens is 471 g/mol. The van der Waals surface area contributed by atoms with E-state index >= 15 is 0 Å². The Morgan fingerprint density at radius 3 is 2.40 bits per heavy atom. The number of rotatable bonds is 8. The molecule has 0 bridgehead atoms. The molecule has 2 heterocycles. The first-order valence-corrected chi connectivity index (χ1v) is 11.5. The number of nitro benzene ring substituents is 1. The number of non-ortho nitro benzene ring substituents is 1. The van der Waals surface area contributed by atoms with Crippen molar-refractivity contribution in [2.24, 2.45) is 0 Å². The molecule has 0 saturated heterocycles. The molecule has 0 amide bonds. The fourth-order valence-electron chi connectivity index (χ4n) is 3.43. The number of thioether (sulfide) groups is 1. The number of nitrogens with zero attached hydrogens (tertiary/aromatic N) is 6. The Labute approximate surface area is 202 Å². The molecule has 5 rings (SSSR count). The molecule has 9 nitrogen and oxygen atoms in total. The van der Waals surface area contributed by atoms with Gasteiger partial charge in [0.25, 0.3) is 5.69 Å². The van der Waals surface area contributed by atoms with Gasteiger partial charge in [0, 0.05) is 17.7 Å². The number of hydrogen-bond acceptors (Lipinski definition) is 8. The summed E-state index contributed by atoms with van der Waals surface area (Å²) >= 11 is 1.34. The molecule has 5 aromatic rings. The van der Waals surface area contributed by atoms with E-state index in [1.165, 1.54) is 30.0 Å². The van der Waals surface area contributed by atoms with Gasteiger partial charge < -0.3 is 4.42 Å². The number of benzene rings is 3. The smallest absolute Gasteiger partial charge is 0.269 e.